The van der Waals surface area contributed by atoms with Gasteiger partial charge in [0.2, 0.25) is 0 Å². The molecule has 0 aromatic heterocycles. The minimum atomic E-state index is -1.21. The van der Waals surface area contributed by atoms with E-state index >= 15 is 0 Å². The molecule has 2 rings (SSSR count). The first-order chi connectivity index (χ1) is 9.40. The molecule has 1 heterocycles. The van der Waals surface area contributed by atoms with Crippen LogP contribution in [0.1, 0.15) is 16.8 Å². The fourth-order valence-corrected chi connectivity index (χ4v) is 2.19. The molecule has 1 fully saturated rings. The number of rotatable bonds is 3. The second-order valence-electron chi connectivity index (χ2n) is 4.51. The molecule has 0 radical (unpaired) electrons. The summed E-state index contributed by atoms with van der Waals surface area (Å²) in [7, 11) is 0. The maximum atomic E-state index is 12.2. The lowest BCUT2D eigenvalue weighted by Gasteiger charge is -2.21. The number of nitrogens with zero attached hydrogens (tertiary/aromatic N) is 2. The molecular weight excluding hydrogens is 268 g/mol. The minimum absolute atomic E-state index is 0.0274. The van der Waals surface area contributed by atoms with Crippen LogP contribution in [-0.4, -0.2) is 50.6 Å². The number of hydrogen-bond acceptors (Lipinski definition) is 5. The third-order valence-electron chi connectivity index (χ3n) is 3.13. The molecule has 8 nitrogen and oxygen atoms in total. The molecule has 0 aliphatic carbocycles. The number of aliphatic hydroxyl groups excluding tert-OH is 1. The number of aliphatic carboxylic acids is 1. The van der Waals surface area contributed by atoms with E-state index in [0.717, 1.165) is 11.0 Å². The highest BCUT2D eigenvalue weighted by molar-refractivity contribution is 5.97. The van der Waals surface area contributed by atoms with Gasteiger partial charge in [0, 0.05) is 30.7 Å². The van der Waals surface area contributed by atoms with E-state index < -0.39 is 28.9 Å². The number of nitro benzene ring substituents is 1. The lowest BCUT2D eigenvalue weighted by Crippen LogP contribution is -2.40. The Morgan fingerprint density at radius 3 is 2.70 bits per heavy atom. The van der Waals surface area contributed by atoms with Gasteiger partial charge in [-0.15, -0.1) is 0 Å². The molecule has 1 aliphatic heterocycles. The van der Waals surface area contributed by atoms with Gasteiger partial charge in [-0.1, -0.05) is 6.07 Å². The van der Waals surface area contributed by atoms with Crippen molar-refractivity contribution in [3.05, 3.63) is 39.9 Å². The van der Waals surface area contributed by atoms with Gasteiger partial charge in [0.25, 0.3) is 11.6 Å². The van der Waals surface area contributed by atoms with Crippen molar-refractivity contribution in [3.8, 4) is 0 Å². The third-order valence-corrected chi connectivity index (χ3v) is 3.13. The molecule has 1 aromatic rings. The van der Waals surface area contributed by atoms with Gasteiger partial charge in [-0.2, -0.15) is 0 Å². The second-order valence-corrected chi connectivity index (χ2v) is 4.51. The number of aliphatic hydroxyl groups is 1. The highest BCUT2D eigenvalue weighted by Gasteiger charge is 2.39. The monoisotopic (exact) mass is 280 g/mol. The predicted molar refractivity (Wildman–Crippen MR) is 66.2 cm³/mol. The molecule has 106 valence electrons. The van der Waals surface area contributed by atoms with Gasteiger partial charge in [-0.05, 0) is 6.07 Å². The fourth-order valence-electron chi connectivity index (χ4n) is 2.19. The van der Waals surface area contributed by atoms with E-state index in [0.29, 0.717) is 0 Å². The standard InChI is InChI=1S/C12H12N2O6/c15-9-5-10(12(17)18)13(6-9)11(16)7-2-1-3-8(4-7)14(19)20/h1-4,9-10,15H,5-6H2,(H,17,18)/t9?,10-/m0/s1. The number of carboxylic acids is 1. The molecule has 1 aliphatic rings. The average Bonchev–Trinajstić information content (AvgIpc) is 2.80. The van der Waals surface area contributed by atoms with Crippen LogP contribution in [0.3, 0.4) is 0 Å². The third kappa shape index (κ3) is 2.59. The number of carbonyl (C=O) groups is 2. The van der Waals surface area contributed by atoms with Crippen LogP contribution < -0.4 is 0 Å². The molecule has 1 aromatic carbocycles. The smallest absolute Gasteiger partial charge is 0.326 e. The molecule has 0 bridgehead atoms. The van der Waals surface area contributed by atoms with Crippen LogP contribution in [0, 0.1) is 10.1 Å². The highest BCUT2D eigenvalue weighted by Crippen LogP contribution is 2.22. The molecule has 2 N–H and O–H groups in total. The fraction of sp³-hybridized carbons (Fsp3) is 0.333. The minimum Gasteiger partial charge on any atom is -0.480 e. The van der Waals surface area contributed by atoms with Crippen LogP contribution in [0.2, 0.25) is 0 Å². The Morgan fingerprint density at radius 1 is 1.40 bits per heavy atom. The first kappa shape index (κ1) is 13.9. The van der Waals surface area contributed by atoms with Crippen LogP contribution in [0.15, 0.2) is 24.3 Å². The van der Waals surface area contributed by atoms with Gasteiger partial charge in [0.05, 0.1) is 11.0 Å². The maximum Gasteiger partial charge on any atom is 0.326 e. The van der Waals surface area contributed by atoms with Crippen molar-refractivity contribution in [2.45, 2.75) is 18.6 Å². The van der Waals surface area contributed by atoms with Crippen molar-refractivity contribution < 1.29 is 24.7 Å². The Hall–Kier alpha value is -2.48. The summed E-state index contributed by atoms with van der Waals surface area (Å²) in [6.07, 6.45) is -0.950. The first-order valence-electron chi connectivity index (χ1n) is 5.86. The molecule has 1 saturated heterocycles. The van der Waals surface area contributed by atoms with E-state index in [2.05, 4.69) is 0 Å². The number of hydrogen-bond donors (Lipinski definition) is 2. The van der Waals surface area contributed by atoms with Gasteiger partial charge in [-0.3, -0.25) is 14.9 Å². The van der Waals surface area contributed by atoms with Crippen LogP contribution >= 0.6 is 0 Å². The van der Waals surface area contributed by atoms with Crippen molar-refractivity contribution in [1.82, 2.24) is 4.90 Å². The van der Waals surface area contributed by atoms with Crippen molar-refractivity contribution in [2.24, 2.45) is 0 Å². The summed E-state index contributed by atoms with van der Waals surface area (Å²) < 4.78 is 0. The molecule has 8 heteroatoms. The van der Waals surface area contributed by atoms with Crippen LogP contribution in [0.4, 0.5) is 5.69 Å². The zero-order valence-corrected chi connectivity index (χ0v) is 10.3. The number of nitro groups is 1. The van der Waals surface area contributed by atoms with Gasteiger partial charge in [-0.25, -0.2) is 4.79 Å². The molecule has 20 heavy (non-hydrogen) atoms. The molecule has 0 spiro atoms. The number of non-ortho nitro benzene ring substituents is 1. The molecular formula is C12H12N2O6. The Kier molecular flexibility index (Phi) is 3.66. The Bertz CT molecular complexity index is 573. The number of β-amino-alcohol motifs (C(OH)–C–C–N with tert-alkyl or cyclic N) is 1. The van der Waals surface area contributed by atoms with E-state index in [4.69, 9.17) is 5.11 Å². The van der Waals surface area contributed by atoms with Gasteiger partial charge in [0.15, 0.2) is 0 Å². The normalized spacial score (nSPS) is 21.8. The summed E-state index contributed by atoms with van der Waals surface area (Å²) in [5, 5.41) is 29.2. The van der Waals surface area contributed by atoms with E-state index in [1.54, 1.807) is 0 Å². The van der Waals surface area contributed by atoms with E-state index in [1.807, 2.05) is 0 Å². The summed E-state index contributed by atoms with van der Waals surface area (Å²) in [5.41, 5.74) is -0.220. The van der Waals surface area contributed by atoms with Crippen molar-refractivity contribution >= 4 is 17.6 Å². The van der Waals surface area contributed by atoms with Gasteiger partial charge in [0.1, 0.15) is 6.04 Å². The molecule has 1 unspecified atom stereocenters. The van der Waals surface area contributed by atoms with Crippen molar-refractivity contribution in [2.75, 3.05) is 6.54 Å². The Balaban J connectivity index is 2.28. The van der Waals surface area contributed by atoms with Gasteiger partial charge < -0.3 is 15.1 Å². The van der Waals surface area contributed by atoms with Crippen LogP contribution in [-0.2, 0) is 4.79 Å². The van der Waals surface area contributed by atoms with Gasteiger partial charge >= 0.3 is 5.97 Å². The lowest BCUT2D eigenvalue weighted by atomic mass is 10.1. The number of carbonyl (C=O) groups excluding carboxylic acids is 1. The summed E-state index contributed by atoms with van der Waals surface area (Å²) in [4.78, 5) is 34.3. The number of likely N-dealkylation sites (tertiary alicyclic amines) is 1. The zero-order chi connectivity index (χ0) is 14.9. The zero-order valence-electron chi connectivity index (χ0n) is 10.3. The number of benzene rings is 1. The topological polar surface area (TPSA) is 121 Å². The Morgan fingerprint density at radius 2 is 2.10 bits per heavy atom. The van der Waals surface area contributed by atoms with E-state index in [9.17, 15) is 24.8 Å². The highest BCUT2D eigenvalue weighted by atomic mass is 16.6. The SMILES string of the molecule is O=C(O)[C@@H]1CC(O)CN1C(=O)c1cccc([N+](=O)[O-])c1. The number of amides is 1. The summed E-state index contributed by atoms with van der Waals surface area (Å²) >= 11 is 0. The number of carboxylic acid groups (broad SMARTS) is 1. The maximum absolute atomic E-state index is 12.2. The average molecular weight is 280 g/mol. The summed E-state index contributed by atoms with van der Waals surface area (Å²) in [6.45, 7) is -0.0987. The van der Waals surface area contributed by atoms with Crippen LogP contribution in [0.25, 0.3) is 0 Å². The first-order valence-corrected chi connectivity index (χ1v) is 5.86. The molecule has 0 saturated carbocycles. The van der Waals surface area contributed by atoms with Crippen molar-refractivity contribution in [1.29, 1.82) is 0 Å². The summed E-state index contributed by atoms with van der Waals surface area (Å²) in [6, 6.07) is 3.94. The van der Waals surface area contributed by atoms with E-state index in [-0.39, 0.29) is 24.2 Å². The van der Waals surface area contributed by atoms with Crippen molar-refractivity contribution in [3.63, 3.8) is 0 Å². The summed E-state index contributed by atoms with van der Waals surface area (Å²) in [5.74, 6) is -1.85. The lowest BCUT2D eigenvalue weighted by molar-refractivity contribution is -0.384. The van der Waals surface area contributed by atoms with Crippen LogP contribution in [0.5, 0.6) is 0 Å². The second kappa shape index (κ2) is 5.25. The molecule has 1 amide bonds. The molecule has 2 atom stereocenters. The largest absolute Gasteiger partial charge is 0.480 e. The Labute approximate surface area is 113 Å². The quantitative estimate of drug-likeness (QED) is 0.605. The predicted octanol–water partition coefficient (Wildman–Crippen LogP) is 0.255. The van der Waals surface area contributed by atoms with E-state index in [1.165, 1.54) is 18.2 Å².